The molecular weight excluding hydrogens is 406 g/mol. The van der Waals surface area contributed by atoms with Gasteiger partial charge in [0.2, 0.25) is 10.0 Å². The van der Waals surface area contributed by atoms with E-state index in [1.807, 2.05) is 0 Å². The van der Waals surface area contributed by atoms with Gasteiger partial charge in [-0.2, -0.15) is 5.10 Å². The van der Waals surface area contributed by atoms with E-state index in [2.05, 4.69) is 10.5 Å². The first-order valence-corrected chi connectivity index (χ1v) is 10.5. The Kier molecular flexibility index (Phi) is 6.05. The summed E-state index contributed by atoms with van der Waals surface area (Å²) in [6.45, 7) is 0.422. The average molecular weight is 424 g/mol. The van der Waals surface area contributed by atoms with Gasteiger partial charge >= 0.3 is 0 Å². The Morgan fingerprint density at radius 1 is 1.21 bits per heavy atom. The summed E-state index contributed by atoms with van der Waals surface area (Å²) in [6, 6.07) is 11.7. The van der Waals surface area contributed by atoms with Crippen LogP contribution in [0.2, 0.25) is 5.02 Å². The van der Waals surface area contributed by atoms with Crippen LogP contribution in [0.5, 0.6) is 11.5 Å². The lowest BCUT2D eigenvalue weighted by Gasteiger charge is -2.22. The number of nitrogens with one attached hydrogen (secondary N) is 1. The maximum absolute atomic E-state index is 12.2. The zero-order valence-electron chi connectivity index (χ0n) is 15.0. The number of carbonyl (C=O) groups excluding carboxylic acids is 1. The number of para-hydroxylation sites is 2. The number of hydrogen-bond donors (Lipinski definition) is 1. The lowest BCUT2D eigenvalue weighted by Crippen LogP contribution is -2.39. The fraction of sp³-hybridized carbons (Fsp3) is 0.222. The molecule has 2 aromatic carbocycles. The van der Waals surface area contributed by atoms with Gasteiger partial charge in [-0.05, 0) is 24.3 Å². The molecule has 1 amide bonds. The number of ether oxygens (including phenoxy) is 2. The molecule has 2 aromatic rings. The average Bonchev–Trinajstić information content (AvgIpc) is 2.66. The fourth-order valence-corrected chi connectivity index (χ4v) is 3.73. The molecule has 0 atom stereocenters. The van der Waals surface area contributed by atoms with E-state index < -0.39 is 22.5 Å². The number of hydrogen-bond acceptors (Lipinski definition) is 6. The number of halogens is 1. The van der Waals surface area contributed by atoms with Gasteiger partial charge in [0, 0.05) is 5.56 Å². The minimum Gasteiger partial charge on any atom is -0.486 e. The van der Waals surface area contributed by atoms with Crippen LogP contribution in [0.3, 0.4) is 0 Å². The number of carbonyl (C=O) groups is 1. The third kappa shape index (κ3) is 4.73. The summed E-state index contributed by atoms with van der Waals surface area (Å²) >= 11 is 6.07. The molecular formula is C18H18ClN3O5S. The Morgan fingerprint density at radius 3 is 2.71 bits per heavy atom. The van der Waals surface area contributed by atoms with Crippen LogP contribution in [-0.4, -0.2) is 46.6 Å². The van der Waals surface area contributed by atoms with Crippen LogP contribution in [0, 0.1) is 0 Å². The fourth-order valence-electron chi connectivity index (χ4n) is 2.57. The Hall–Kier alpha value is -2.78. The first-order chi connectivity index (χ1) is 13.4. The Morgan fingerprint density at radius 2 is 1.96 bits per heavy atom. The Labute approximate surface area is 167 Å². The first-order valence-electron chi connectivity index (χ1n) is 8.29. The van der Waals surface area contributed by atoms with Gasteiger partial charge < -0.3 is 9.47 Å². The quantitative estimate of drug-likeness (QED) is 0.566. The number of fused-ring (bicyclic) bond motifs is 1. The summed E-state index contributed by atoms with van der Waals surface area (Å²) in [7, 11) is -3.73. The standard InChI is InChI=1S/C18H18ClN3O5S/c1-28(24,25)22(15-7-3-2-6-14(15)19)12-17(23)21-20-11-13-5-4-8-16-18(13)27-10-9-26-16/h2-8,11H,9-10,12H2,1H3,(H,21,23)/b20-11-. The van der Waals surface area contributed by atoms with Crippen molar-refractivity contribution < 1.29 is 22.7 Å². The molecule has 0 radical (unpaired) electrons. The summed E-state index contributed by atoms with van der Waals surface area (Å²) in [5.74, 6) is 0.521. The molecule has 8 nitrogen and oxygen atoms in total. The third-order valence-corrected chi connectivity index (χ3v) is 5.24. The van der Waals surface area contributed by atoms with Crippen molar-refractivity contribution in [2.75, 3.05) is 30.3 Å². The van der Waals surface area contributed by atoms with E-state index in [0.717, 1.165) is 10.6 Å². The minimum atomic E-state index is -3.73. The maximum atomic E-state index is 12.2. The Balaban J connectivity index is 1.71. The molecule has 0 unspecified atom stereocenters. The number of amides is 1. The largest absolute Gasteiger partial charge is 0.486 e. The number of hydrazone groups is 1. The summed E-state index contributed by atoms with van der Waals surface area (Å²) < 4.78 is 36.1. The van der Waals surface area contributed by atoms with Crippen LogP contribution in [0.1, 0.15) is 5.56 Å². The van der Waals surface area contributed by atoms with Gasteiger partial charge in [-0.3, -0.25) is 9.10 Å². The molecule has 1 heterocycles. The molecule has 148 valence electrons. The lowest BCUT2D eigenvalue weighted by atomic mass is 10.2. The molecule has 0 saturated heterocycles. The van der Waals surface area contributed by atoms with E-state index >= 15 is 0 Å². The van der Waals surface area contributed by atoms with Gasteiger partial charge in [0.1, 0.15) is 19.8 Å². The zero-order chi connectivity index (χ0) is 20.1. The topological polar surface area (TPSA) is 97.3 Å². The SMILES string of the molecule is CS(=O)(=O)N(CC(=O)N/N=C\c1cccc2c1OCCO2)c1ccccc1Cl. The minimum absolute atomic E-state index is 0.216. The highest BCUT2D eigenvalue weighted by Gasteiger charge is 2.22. The van der Waals surface area contributed by atoms with Crippen LogP contribution >= 0.6 is 11.6 Å². The molecule has 10 heteroatoms. The van der Waals surface area contributed by atoms with Crippen molar-refractivity contribution in [1.82, 2.24) is 5.43 Å². The van der Waals surface area contributed by atoms with Gasteiger partial charge in [-0.1, -0.05) is 29.8 Å². The molecule has 1 N–H and O–H groups in total. The normalized spacial score (nSPS) is 13.4. The molecule has 0 saturated carbocycles. The van der Waals surface area contributed by atoms with Crippen LogP contribution in [0.15, 0.2) is 47.6 Å². The number of rotatable bonds is 6. The monoisotopic (exact) mass is 423 g/mol. The van der Waals surface area contributed by atoms with E-state index in [4.69, 9.17) is 21.1 Å². The number of nitrogens with zero attached hydrogens (tertiary/aromatic N) is 2. The summed E-state index contributed by atoms with van der Waals surface area (Å²) in [4.78, 5) is 12.2. The summed E-state index contributed by atoms with van der Waals surface area (Å²) in [5.41, 5.74) is 3.16. The number of sulfonamides is 1. The molecule has 0 aromatic heterocycles. The van der Waals surface area contributed by atoms with Crippen molar-refractivity contribution in [2.45, 2.75) is 0 Å². The van der Waals surface area contributed by atoms with E-state index in [-0.39, 0.29) is 10.7 Å². The predicted octanol–water partition coefficient (Wildman–Crippen LogP) is 2.03. The molecule has 0 bridgehead atoms. The van der Waals surface area contributed by atoms with Crippen molar-refractivity contribution in [3.05, 3.63) is 53.1 Å². The van der Waals surface area contributed by atoms with Crippen molar-refractivity contribution in [3.8, 4) is 11.5 Å². The highest BCUT2D eigenvalue weighted by molar-refractivity contribution is 7.92. The van der Waals surface area contributed by atoms with Crippen molar-refractivity contribution in [2.24, 2.45) is 5.10 Å². The van der Waals surface area contributed by atoms with Crippen molar-refractivity contribution in [1.29, 1.82) is 0 Å². The van der Waals surface area contributed by atoms with E-state index in [0.29, 0.717) is 30.3 Å². The Bertz CT molecular complexity index is 1010. The lowest BCUT2D eigenvalue weighted by molar-refractivity contribution is -0.119. The molecule has 28 heavy (non-hydrogen) atoms. The maximum Gasteiger partial charge on any atom is 0.260 e. The highest BCUT2D eigenvalue weighted by atomic mass is 35.5. The summed E-state index contributed by atoms with van der Waals surface area (Å²) in [5, 5.41) is 4.11. The van der Waals surface area contributed by atoms with Crippen LogP contribution in [0.25, 0.3) is 0 Å². The molecule has 1 aliphatic rings. The van der Waals surface area contributed by atoms with Gasteiger partial charge in [-0.25, -0.2) is 13.8 Å². The van der Waals surface area contributed by atoms with Gasteiger partial charge in [0.25, 0.3) is 5.91 Å². The molecule has 3 rings (SSSR count). The smallest absolute Gasteiger partial charge is 0.260 e. The highest BCUT2D eigenvalue weighted by Crippen LogP contribution is 2.32. The number of benzene rings is 2. The van der Waals surface area contributed by atoms with Crippen LogP contribution in [0.4, 0.5) is 5.69 Å². The van der Waals surface area contributed by atoms with Gasteiger partial charge in [-0.15, -0.1) is 0 Å². The van der Waals surface area contributed by atoms with Crippen molar-refractivity contribution in [3.63, 3.8) is 0 Å². The zero-order valence-corrected chi connectivity index (χ0v) is 16.5. The van der Waals surface area contributed by atoms with Crippen LogP contribution < -0.4 is 19.2 Å². The predicted molar refractivity (Wildman–Crippen MR) is 107 cm³/mol. The van der Waals surface area contributed by atoms with Crippen LogP contribution in [-0.2, 0) is 14.8 Å². The van der Waals surface area contributed by atoms with E-state index in [9.17, 15) is 13.2 Å². The molecule has 1 aliphatic heterocycles. The third-order valence-electron chi connectivity index (χ3n) is 3.80. The molecule has 0 fully saturated rings. The molecule has 0 aliphatic carbocycles. The van der Waals surface area contributed by atoms with Gasteiger partial charge in [0.15, 0.2) is 11.5 Å². The van der Waals surface area contributed by atoms with E-state index in [1.54, 1.807) is 36.4 Å². The second-order valence-corrected chi connectivity index (χ2v) is 8.20. The number of anilines is 1. The van der Waals surface area contributed by atoms with E-state index in [1.165, 1.54) is 12.3 Å². The first kappa shape index (κ1) is 20.0. The second kappa shape index (κ2) is 8.49. The second-order valence-electron chi connectivity index (χ2n) is 5.89. The molecule has 0 spiro atoms. The van der Waals surface area contributed by atoms with Crippen molar-refractivity contribution >= 4 is 39.4 Å². The summed E-state index contributed by atoms with van der Waals surface area (Å²) in [6.07, 6.45) is 2.41. The van der Waals surface area contributed by atoms with Gasteiger partial charge in [0.05, 0.1) is 23.2 Å².